The molecule has 196 valence electrons. The molecule has 4 heteroatoms. The van der Waals surface area contributed by atoms with Gasteiger partial charge >= 0.3 is 0 Å². The van der Waals surface area contributed by atoms with Crippen molar-refractivity contribution in [3.05, 3.63) is 132 Å². The van der Waals surface area contributed by atoms with Crippen molar-refractivity contribution < 1.29 is 9.47 Å². The van der Waals surface area contributed by atoms with Gasteiger partial charge in [-0.2, -0.15) is 0 Å². The van der Waals surface area contributed by atoms with E-state index in [-0.39, 0.29) is 5.41 Å². The molecule has 0 aliphatic carbocycles. The third kappa shape index (κ3) is 5.75. The van der Waals surface area contributed by atoms with Gasteiger partial charge in [0.15, 0.2) is 0 Å². The molecule has 0 aliphatic heterocycles. The van der Waals surface area contributed by atoms with Crippen molar-refractivity contribution in [1.29, 1.82) is 0 Å². The summed E-state index contributed by atoms with van der Waals surface area (Å²) < 4.78 is 12.1. The quantitative estimate of drug-likeness (QED) is 0.203. The van der Waals surface area contributed by atoms with E-state index in [1.165, 1.54) is 16.7 Å². The van der Waals surface area contributed by atoms with E-state index in [1.807, 2.05) is 66.7 Å². The first-order valence-electron chi connectivity index (χ1n) is 13.2. The Morgan fingerprint density at radius 2 is 1.00 bits per heavy atom. The maximum atomic E-state index is 6.06. The largest absolute Gasteiger partial charge is 0.457 e. The van der Waals surface area contributed by atoms with Crippen LogP contribution in [0.5, 0.6) is 23.0 Å². The van der Waals surface area contributed by atoms with Gasteiger partial charge in [-0.1, -0.05) is 56.3 Å². The van der Waals surface area contributed by atoms with Crippen LogP contribution in [0.4, 0.5) is 11.4 Å². The fourth-order valence-electron chi connectivity index (χ4n) is 4.77. The Morgan fingerprint density at radius 1 is 0.564 bits per heavy atom. The molecule has 0 saturated carbocycles. The number of benzene rings is 5. The number of rotatable bonds is 8. The lowest BCUT2D eigenvalue weighted by Crippen LogP contribution is -2.22. The van der Waals surface area contributed by atoms with Crippen LogP contribution in [0.1, 0.15) is 37.0 Å². The molecule has 1 atom stereocenters. The molecule has 0 radical (unpaired) electrons. The summed E-state index contributed by atoms with van der Waals surface area (Å²) in [5.74, 6) is 3.18. The molecule has 5 aromatic rings. The molecule has 0 spiro atoms. The fourth-order valence-corrected chi connectivity index (χ4v) is 4.77. The Bertz CT molecular complexity index is 1540. The summed E-state index contributed by atoms with van der Waals surface area (Å²) in [5, 5.41) is 0. The Kier molecular flexibility index (Phi) is 7.29. The number of hydrogen-bond donors (Lipinski definition) is 2. The molecular weight excluding hydrogens is 480 g/mol. The van der Waals surface area contributed by atoms with Gasteiger partial charge in [0.1, 0.15) is 23.0 Å². The lowest BCUT2D eigenvalue weighted by molar-refractivity contribution is 0.479. The summed E-state index contributed by atoms with van der Waals surface area (Å²) >= 11 is 0. The number of nitrogen functional groups attached to an aromatic ring is 2. The highest BCUT2D eigenvalue weighted by Gasteiger charge is 2.27. The van der Waals surface area contributed by atoms with E-state index in [4.69, 9.17) is 20.9 Å². The molecule has 5 aromatic carbocycles. The van der Waals surface area contributed by atoms with Crippen molar-refractivity contribution in [2.45, 2.75) is 32.6 Å². The summed E-state index contributed by atoms with van der Waals surface area (Å²) in [6, 6.07) is 38.5. The van der Waals surface area contributed by atoms with Gasteiger partial charge in [-0.15, -0.1) is 0 Å². The van der Waals surface area contributed by atoms with Gasteiger partial charge in [0, 0.05) is 16.8 Å². The standard InChI is InChI=1S/C35H34N2O2/c1-4-35(3,28-10-16-31(17-11-28)38-32-18-12-29(36)13-19-32)27-8-5-25(6-9-27)26-7-22-34(24(2)23-26)39-33-20-14-30(37)15-21-33/h5-23H,4,36-37H2,1-3H3. The molecule has 5 rings (SSSR count). The zero-order valence-electron chi connectivity index (χ0n) is 22.6. The normalized spacial score (nSPS) is 12.5. The van der Waals surface area contributed by atoms with Crippen LogP contribution in [0, 0.1) is 6.92 Å². The van der Waals surface area contributed by atoms with Gasteiger partial charge < -0.3 is 20.9 Å². The predicted octanol–water partition coefficient (Wildman–Crippen LogP) is 9.13. The number of ether oxygens (including phenoxy) is 2. The summed E-state index contributed by atoms with van der Waals surface area (Å²) in [5.41, 5.74) is 18.8. The average molecular weight is 515 g/mol. The maximum absolute atomic E-state index is 6.06. The highest BCUT2D eigenvalue weighted by atomic mass is 16.5. The van der Waals surface area contributed by atoms with Gasteiger partial charge in [0.25, 0.3) is 0 Å². The van der Waals surface area contributed by atoms with Crippen molar-refractivity contribution in [1.82, 2.24) is 0 Å². The van der Waals surface area contributed by atoms with Crippen LogP contribution in [0.15, 0.2) is 115 Å². The second-order valence-electron chi connectivity index (χ2n) is 10.1. The molecule has 0 heterocycles. The Morgan fingerprint density at radius 3 is 1.49 bits per heavy atom. The van der Waals surface area contributed by atoms with Crippen LogP contribution < -0.4 is 20.9 Å². The zero-order chi connectivity index (χ0) is 27.4. The zero-order valence-corrected chi connectivity index (χ0v) is 22.6. The van der Waals surface area contributed by atoms with E-state index < -0.39 is 0 Å². The molecule has 0 saturated heterocycles. The van der Waals surface area contributed by atoms with Crippen LogP contribution in [0.2, 0.25) is 0 Å². The lowest BCUT2D eigenvalue weighted by atomic mass is 9.74. The molecule has 0 amide bonds. The minimum atomic E-state index is -0.120. The van der Waals surface area contributed by atoms with Crippen molar-refractivity contribution in [2.24, 2.45) is 0 Å². The van der Waals surface area contributed by atoms with Gasteiger partial charge in [-0.25, -0.2) is 0 Å². The Balaban J connectivity index is 1.32. The number of nitrogens with two attached hydrogens (primary N) is 2. The maximum Gasteiger partial charge on any atom is 0.130 e. The third-order valence-corrected chi connectivity index (χ3v) is 7.45. The molecule has 0 bridgehead atoms. The SMILES string of the molecule is CCC(C)(c1ccc(Oc2ccc(N)cc2)cc1)c1ccc(-c2ccc(Oc3ccc(N)cc3)c(C)c2)cc1. The summed E-state index contributed by atoms with van der Waals surface area (Å²) in [7, 11) is 0. The Labute approximate surface area is 230 Å². The summed E-state index contributed by atoms with van der Waals surface area (Å²) in [6.07, 6.45) is 0.973. The van der Waals surface area contributed by atoms with Crippen molar-refractivity contribution in [3.8, 4) is 34.1 Å². The predicted molar refractivity (Wildman–Crippen MR) is 162 cm³/mol. The first-order valence-corrected chi connectivity index (χ1v) is 13.2. The van der Waals surface area contributed by atoms with Crippen LogP contribution in [-0.4, -0.2) is 0 Å². The number of aryl methyl sites for hydroxylation is 1. The van der Waals surface area contributed by atoms with E-state index in [2.05, 4.69) is 69.3 Å². The van der Waals surface area contributed by atoms with E-state index in [0.717, 1.165) is 51.9 Å². The van der Waals surface area contributed by atoms with E-state index >= 15 is 0 Å². The second-order valence-corrected chi connectivity index (χ2v) is 10.1. The van der Waals surface area contributed by atoms with Crippen molar-refractivity contribution in [3.63, 3.8) is 0 Å². The van der Waals surface area contributed by atoms with Crippen molar-refractivity contribution >= 4 is 11.4 Å². The molecule has 0 aromatic heterocycles. The topological polar surface area (TPSA) is 70.5 Å². The second kappa shape index (κ2) is 11.0. The molecule has 0 fully saturated rings. The smallest absolute Gasteiger partial charge is 0.130 e. The molecule has 4 nitrogen and oxygen atoms in total. The number of anilines is 2. The monoisotopic (exact) mass is 514 g/mol. The molecule has 0 aliphatic rings. The fraction of sp³-hybridized carbons (Fsp3) is 0.143. The van der Waals surface area contributed by atoms with E-state index in [0.29, 0.717) is 0 Å². The highest BCUT2D eigenvalue weighted by molar-refractivity contribution is 5.66. The minimum absolute atomic E-state index is 0.120. The molecule has 39 heavy (non-hydrogen) atoms. The van der Waals surface area contributed by atoms with Crippen molar-refractivity contribution in [2.75, 3.05) is 11.5 Å². The third-order valence-electron chi connectivity index (χ3n) is 7.45. The number of hydrogen-bond acceptors (Lipinski definition) is 4. The summed E-state index contributed by atoms with van der Waals surface area (Å²) in [6.45, 7) is 6.60. The molecular formula is C35H34N2O2. The first kappa shape index (κ1) is 25.9. The lowest BCUT2D eigenvalue weighted by Gasteiger charge is -2.30. The van der Waals surface area contributed by atoms with Crippen LogP contribution >= 0.6 is 0 Å². The van der Waals surface area contributed by atoms with E-state index in [9.17, 15) is 0 Å². The van der Waals surface area contributed by atoms with Crippen LogP contribution in [-0.2, 0) is 5.41 Å². The van der Waals surface area contributed by atoms with E-state index in [1.54, 1.807) is 0 Å². The summed E-state index contributed by atoms with van der Waals surface area (Å²) in [4.78, 5) is 0. The first-order chi connectivity index (χ1) is 18.8. The van der Waals surface area contributed by atoms with Gasteiger partial charge in [-0.3, -0.25) is 0 Å². The minimum Gasteiger partial charge on any atom is -0.457 e. The van der Waals surface area contributed by atoms with Gasteiger partial charge in [-0.05, 0) is 114 Å². The molecule has 1 unspecified atom stereocenters. The van der Waals surface area contributed by atoms with Gasteiger partial charge in [0.2, 0.25) is 0 Å². The van der Waals surface area contributed by atoms with Crippen LogP contribution in [0.3, 0.4) is 0 Å². The molecule has 4 N–H and O–H groups in total. The average Bonchev–Trinajstić information content (AvgIpc) is 2.96. The van der Waals surface area contributed by atoms with Gasteiger partial charge in [0.05, 0.1) is 0 Å². The van der Waals surface area contributed by atoms with Crippen LogP contribution in [0.25, 0.3) is 11.1 Å². The Hall–Kier alpha value is -4.70. The highest BCUT2D eigenvalue weighted by Crippen LogP contribution is 2.38.